The molecule has 3 heterocycles. The fourth-order valence-corrected chi connectivity index (χ4v) is 4.60. The summed E-state index contributed by atoms with van der Waals surface area (Å²) in [5.41, 5.74) is 3.03. The van der Waals surface area contributed by atoms with Gasteiger partial charge in [0.25, 0.3) is 0 Å². The second-order valence-corrected chi connectivity index (χ2v) is 9.22. The fraction of sp³-hybridized carbons (Fsp3) is 0.308. The SMILES string of the molecule is O=C(NCc1cccc(Cn2ccnc2)c1)C1CCN(Cc2nc(-c3ccccc3Cl)no2)CC1. The Labute approximate surface area is 208 Å². The van der Waals surface area contributed by atoms with Crippen LogP contribution in [-0.2, 0) is 24.4 Å². The standard InChI is InChI=1S/C26H27ClN6O2/c27-23-7-2-1-6-22(23)25-30-24(35-31-25)17-32-11-8-21(9-12-32)26(34)29-15-19-4-3-5-20(14-19)16-33-13-10-28-18-33/h1-7,10,13-14,18,21H,8-9,11-12,15-17H2,(H,29,34). The first-order valence-corrected chi connectivity index (χ1v) is 12.1. The van der Waals surface area contributed by atoms with Gasteiger partial charge in [-0.15, -0.1) is 0 Å². The molecular weight excluding hydrogens is 464 g/mol. The average Bonchev–Trinajstić information content (AvgIpc) is 3.56. The normalized spacial score (nSPS) is 14.8. The minimum absolute atomic E-state index is 0.0155. The predicted octanol–water partition coefficient (Wildman–Crippen LogP) is 4.16. The van der Waals surface area contributed by atoms with Crippen LogP contribution in [-0.4, -0.2) is 43.6 Å². The molecule has 0 radical (unpaired) electrons. The van der Waals surface area contributed by atoms with Crippen LogP contribution in [0.4, 0.5) is 0 Å². The molecule has 2 aromatic carbocycles. The summed E-state index contributed by atoms with van der Waals surface area (Å²) in [5, 5.41) is 7.78. The van der Waals surface area contributed by atoms with Crippen molar-refractivity contribution in [1.29, 1.82) is 0 Å². The van der Waals surface area contributed by atoms with E-state index >= 15 is 0 Å². The van der Waals surface area contributed by atoms with Gasteiger partial charge in [0.05, 0.1) is 17.9 Å². The lowest BCUT2D eigenvalue weighted by Gasteiger charge is -2.30. The van der Waals surface area contributed by atoms with Gasteiger partial charge in [0, 0.05) is 37.0 Å². The number of carbonyl (C=O) groups excluding carboxylic acids is 1. The van der Waals surface area contributed by atoms with E-state index in [1.54, 1.807) is 18.6 Å². The van der Waals surface area contributed by atoms with Gasteiger partial charge in [-0.2, -0.15) is 4.98 Å². The van der Waals surface area contributed by atoms with Gasteiger partial charge in [0.1, 0.15) is 0 Å². The number of nitrogens with one attached hydrogen (secondary N) is 1. The van der Waals surface area contributed by atoms with E-state index in [4.69, 9.17) is 16.1 Å². The number of hydrogen-bond acceptors (Lipinski definition) is 6. The van der Waals surface area contributed by atoms with Gasteiger partial charge in [0.2, 0.25) is 17.6 Å². The number of aromatic nitrogens is 4. The highest BCUT2D eigenvalue weighted by Gasteiger charge is 2.26. The van der Waals surface area contributed by atoms with Crippen molar-refractivity contribution in [1.82, 2.24) is 29.9 Å². The number of hydrogen-bond donors (Lipinski definition) is 1. The number of carbonyl (C=O) groups is 1. The number of piperidine rings is 1. The Kier molecular flexibility index (Phi) is 7.20. The zero-order chi connectivity index (χ0) is 24.0. The molecule has 1 N–H and O–H groups in total. The molecule has 4 aromatic rings. The van der Waals surface area contributed by atoms with Crippen LogP contribution in [0.25, 0.3) is 11.4 Å². The van der Waals surface area contributed by atoms with Gasteiger partial charge in [-0.25, -0.2) is 4.98 Å². The van der Waals surface area contributed by atoms with Gasteiger partial charge in [-0.05, 0) is 49.2 Å². The third-order valence-electron chi connectivity index (χ3n) is 6.28. The van der Waals surface area contributed by atoms with Crippen LogP contribution in [0.15, 0.2) is 71.8 Å². The van der Waals surface area contributed by atoms with Crippen LogP contribution in [0, 0.1) is 5.92 Å². The lowest BCUT2D eigenvalue weighted by atomic mass is 9.96. The molecule has 0 bridgehead atoms. The highest BCUT2D eigenvalue weighted by molar-refractivity contribution is 6.33. The van der Waals surface area contributed by atoms with E-state index in [0.29, 0.717) is 29.8 Å². The van der Waals surface area contributed by atoms with Crippen LogP contribution < -0.4 is 5.32 Å². The monoisotopic (exact) mass is 490 g/mol. The molecule has 1 aliphatic rings. The van der Waals surface area contributed by atoms with E-state index in [-0.39, 0.29) is 11.8 Å². The maximum atomic E-state index is 12.8. The quantitative estimate of drug-likeness (QED) is 0.399. The molecule has 0 saturated carbocycles. The first kappa shape index (κ1) is 23.3. The minimum atomic E-state index is 0.0155. The van der Waals surface area contributed by atoms with Crippen molar-refractivity contribution < 1.29 is 9.32 Å². The molecule has 9 heteroatoms. The molecule has 0 atom stereocenters. The summed E-state index contributed by atoms with van der Waals surface area (Å²) in [6.45, 7) is 3.48. The molecule has 1 fully saturated rings. The number of amides is 1. The van der Waals surface area contributed by atoms with Crippen molar-refractivity contribution in [3.8, 4) is 11.4 Å². The second-order valence-electron chi connectivity index (χ2n) is 8.81. The van der Waals surface area contributed by atoms with Crippen molar-refractivity contribution in [2.24, 2.45) is 5.92 Å². The lowest BCUT2D eigenvalue weighted by Crippen LogP contribution is -2.40. The van der Waals surface area contributed by atoms with E-state index < -0.39 is 0 Å². The van der Waals surface area contributed by atoms with E-state index in [0.717, 1.165) is 43.6 Å². The molecule has 2 aromatic heterocycles. The van der Waals surface area contributed by atoms with Crippen LogP contribution in [0.3, 0.4) is 0 Å². The Morgan fingerprint density at radius 3 is 2.71 bits per heavy atom. The largest absolute Gasteiger partial charge is 0.352 e. The number of halogens is 1. The zero-order valence-corrected chi connectivity index (χ0v) is 20.1. The summed E-state index contributed by atoms with van der Waals surface area (Å²) in [6, 6.07) is 15.7. The molecule has 1 saturated heterocycles. The summed E-state index contributed by atoms with van der Waals surface area (Å²) < 4.78 is 7.46. The van der Waals surface area contributed by atoms with Gasteiger partial charge in [-0.1, -0.05) is 53.2 Å². The highest BCUT2D eigenvalue weighted by atomic mass is 35.5. The van der Waals surface area contributed by atoms with Crippen LogP contribution in [0.1, 0.15) is 29.9 Å². The molecule has 0 aliphatic carbocycles. The van der Waals surface area contributed by atoms with E-state index in [2.05, 4.69) is 37.5 Å². The van der Waals surface area contributed by atoms with Crippen LogP contribution >= 0.6 is 11.6 Å². The topological polar surface area (TPSA) is 89.1 Å². The molecule has 5 rings (SSSR count). The zero-order valence-electron chi connectivity index (χ0n) is 19.3. The van der Waals surface area contributed by atoms with Crippen molar-refractivity contribution in [2.75, 3.05) is 13.1 Å². The average molecular weight is 491 g/mol. The Bertz CT molecular complexity index is 1260. The molecule has 1 aliphatic heterocycles. The lowest BCUT2D eigenvalue weighted by molar-refractivity contribution is -0.126. The Hall–Kier alpha value is -3.49. The third kappa shape index (κ3) is 5.96. The number of rotatable bonds is 8. The van der Waals surface area contributed by atoms with E-state index in [1.807, 2.05) is 41.1 Å². The summed E-state index contributed by atoms with van der Waals surface area (Å²) in [6.07, 6.45) is 7.12. The molecular formula is C26H27ClN6O2. The summed E-state index contributed by atoms with van der Waals surface area (Å²) in [5.74, 6) is 1.18. The van der Waals surface area contributed by atoms with Gasteiger partial charge >= 0.3 is 0 Å². The van der Waals surface area contributed by atoms with Crippen LogP contribution in [0.2, 0.25) is 5.02 Å². The van der Waals surface area contributed by atoms with Crippen molar-refractivity contribution in [3.05, 3.63) is 89.3 Å². The minimum Gasteiger partial charge on any atom is -0.352 e. The highest BCUT2D eigenvalue weighted by Crippen LogP contribution is 2.25. The number of imidazole rings is 1. The fourth-order valence-electron chi connectivity index (χ4n) is 4.38. The van der Waals surface area contributed by atoms with Crippen molar-refractivity contribution in [2.45, 2.75) is 32.5 Å². The second kappa shape index (κ2) is 10.8. The summed E-state index contributed by atoms with van der Waals surface area (Å²) in [4.78, 5) is 23.6. The molecule has 35 heavy (non-hydrogen) atoms. The first-order valence-electron chi connectivity index (χ1n) is 11.7. The molecule has 8 nitrogen and oxygen atoms in total. The predicted molar refractivity (Wildman–Crippen MR) is 132 cm³/mol. The molecule has 0 unspecified atom stereocenters. The summed E-state index contributed by atoms with van der Waals surface area (Å²) in [7, 11) is 0. The Morgan fingerprint density at radius 1 is 1.09 bits per heavy atom. The van der Waals surface area contributed by atoms with Crippen molar-refractivity contribution in [3.63, 3.8) is 0 Å². The Morgan fingerprint density at radius 2 is 1.91 bits per heavy atom. The third-order valence-corrected chi connectivity index (χ3v) is 6.61. The number of nitrogens with zero attached hydrogens (tertiary/aromatic N) is 5. The van der Waals surface area contributed by atoms with Gasteiger partial charge in [-0.3, -0.25) is 9.69 Å². The summed E-state index contributed by atoms with van der Waals surface area (Å²) >= 11 is 6.23. The maximum absolute atomic E-state index is 12.8. The van der Waals surface area contributed by atoms with Crippen LogP contribution in [0.5, 0.6) is 0 Å². The molecule has 180 valence electrons. The van der Waals surface area contributed by atoms with Gasteiger partial charge < -0.3 is 14.4 Å². The molecule has 1 amide bonds. The van der Waals surface area contributed by atoms with Crippen molar-refractivity contribution >= 4 is 17.5 Å². The molecule has 0 spiro atoms. The number of benzene rings is 2. The maximum Gasteiger partial charge on any atom is 0.241 e. The van der Waals surface area contributed by atoms with Gasteiger partial charge in [0.15, 0.2) is 0 Å². The Balaban J connectivity index is 1.08. The van der Waals surface area contributed by atoms with E-state index in [1.165, 1.54) is 5.56 Å². The smallest absolute Gasteiger partial charge is 0.241 e. The van der Waals surface area contributed by atoms with E-state index in [9.17, 15) is 4.79 Å². The first-order chi connectivity index (χ1) is 17.1. The number of likely N-dealkylation sites (tertiary alicyclic amines) is 1.